The minimum Gasteiger partial charge on any atom is -0.270 e. The molecule has 0 aliphatic carbocycles. The molecule has 32 heavy (non-hydrogen) atoms. The number of nitrogens with zero attached hydrogens (tertiary/aromatic N) is 2. The molecule has 0 fully saturated rings. The zero-order valence-electron chi connectivity index (χ0n) is 17.1. The minimum atomic E-state index is -0.259. The van der Waals surface area contributed by atoms with Crippen molar-refractivity contribution >= 4 is 55.5 Å². The summed E-state index contributed by atoms with van der Waals surface area (Å²) < 4.78 is 0. The first-order chi connectivity index (χ1) is 15.4. The molecule has 0 spiro atoms. The Morgan fingerprint density at radius 1 is 0.812 bits per heavy atom. The second kappa shape index (κ2) is 10.7. The van der Waals surface area contributed by atoms with Gasteiger partial charge in [-0.25, -0.2) is 4.90 Å². The third-order valence-electron chi connectivity index (χ3n) is 4.96. The highest BCUT2D eigenvalue weighted by Gasteiger charge is 2.36. The second-order valence-corrected chi connectivity index (χ2v) is 8.30. The summed E-state index contributed by atoms with van der Waals surface area (Å²) in [5.74, 6) is -0.960. The molecule has 0 atom stereocenters. The maximum atomic E-state index is 12.0. The maximum absolute atomic E-state index is 12.0. The Balaban J connectivity index is 0.000000182. The van der Waals surface area contributed by atoms with Gasteiger partial charge in [-0.15, -0.1) is 0 Å². The predicted molar refractivity (Wildman–Crippen MR) is 129 cm³/mol. The van der Waals surface area contributed by atoms with E-state index in [2.05, 4.69) is 38.4 Å². The van der Waals surface area contributed by atoms with Crippen LogP contribution < -0.4 is 0 Å². The van der Waals surface area contributed by atoms with E-state index in [-0.39, 0.29) is 23.6 Å². The molecule has 2 heterocycles. The number of fused-ring (bicyclic) bond motifs is 2. The molecule has 6 nitrogen and oxygen atoms in total. The van der Waals surface area contributed by atoms with Crippen molar-refractivity contribution in [2.75, 3.05) is 11.9 Å². The number of imide groups is 2. The Kier molecular flexibility index (Phi) is 7.93. The molecule has 0 bridgehead atoms. The Bertz CT molecular complexity index is 1060. The normalized spacial score (nSPS) is 14.6. The van der Waals surface area contributed by atoms with Crippen LogP contribution in [-0.4, -0.2) is 45.3 Å². The zero-order chi connectivity index (χ0) is 23.3. The fourth-order valence-corrected chi connectivity index (χ4v) is 3.86. The van der Waals surface area contributed by atoms with E-state index in [9.17, 15) is 19.2 Å². The van der Waals surface area contributed by atoms with E-state index in [4.69, 9.17) is 0 Å². The van der Waals surface area contributed by atoms with E-state index < -0.39 is 0 Å². The van der Waals surface area contributed by atoms with Crippen LogP contribution in [0, 0.1) is 0 Å². The van der Waals surface area contributed by atoms with Gasteiger partial charge < -0.3 is 0 Å². The predicted octanol–water partition coefficient (Wildman–Crippen LogP) is 5.16. The Morgan fingerprint density at radius 3 is 1.66 bits per heavy atom. The lowest BCUT2D eigenvalue weighted by Crippen LogP contribution is -2.29. The molecule has 0 unspecified atom stereocenters. The summed E-state index contributed by atoms with van der Waals surface area (Å²) in [6.45, 7) is 4.12. The number of alkyl halides is 1. The smallest absolute Gasteiger partial charge is 0.265 e. The molecular formula is C24H20Br2N2O4. The van der Waals surface area contributed by atoms with Gasteiger partial charge in [-0.3, -0.25) is 24.1 Å². The fourth-order valence-electron chi connectivity index (χ4n) is 3.41. The number of hydrogen-bond donors (Lipinski definition) is 0. The highest BCUT2D eigenvalue weighted by atomic mass is 79.9. The van der Waals surface area contributed by atoms with E-state index in [0.29, 0.717) is 40.9 Å². The van der Waals surface area contributed by atoms with Crippen LogP contribution in [0.2, 0.25) is 0 Å². The van der Waals surface area contributed by atoms with Crippen molar-refractivity contribution in [2.45, 2.75) is 12.8 Å². The summed E-state index contributed by atoms with van der Waals surface area (Å²) in [7, 11) is 0. The molecule has 2 aromatic carbocycles. The summed E-state index contributed by atoms with van der Waals surface area (Å²) >= 11 is 6.42. The van der Waals surface area contributed by atoms with Crippen LogP contribution >= 0.6 is 31.9 Å². The van der Waals surface area contributed by atoms with Gasteiger partial charge in [-0.1, -0.05) is 68.8 Å². The summed E-state index contributed by atoms with van der Waals surface area (Å²) in [5, 5.41) is 0.829. The fraction of sp³-hybridized carbons (Fsp3) is 0.167. The van der Waals surface area contributed by atoms with Crippen LogP contribution in [-0.2, 0) is 0 Å². The van der Waals surface area contributed by atoms with E-state index >= 15 is 0 Å². The van der Waals surface area contributed by atoms with Crippen LogP contribution in [0.1, 0.15) is 54.3 Å². The molecule has 2 aliphatic heterocycles. The Hall–Kier alpha value is -2.84. The molecule has 0 radical (unpaired) electrons. The molecule has 0 N–H and O–H groups in total. The van der Waals surface area contributed by atoms with Gasteiger partial charge in [0, 0.05) is 17.6 Å². The highest BCUT2D eigenvalue weighted by molar-refractivity contribution is 9.11. The lowest BCUT2D eigenvalue weighted by Gasteiger charge is -2.16. The molecule has 4 rings (SSSR count). The minimum absolute atomic E-state index is 0.221. The van der Waals surface area contributed by atoms with E-state index in [1.165, 1.54) is 9.80 Å². The molecule has 0 saturated heterocycles. The van der Waals surface area contributed by atoms with Gasteiger partial charge in [0.25, 0.3) is 23.6 Å². The van der Waals surface area contributed by atoms with E-state index in [1.807, 2.05) is 0 Å². The van der Waals surface area contributed by atoms with Gasteiger partial charge in [0.1, 0.15) is 0 Å². The number of halogens is 2. The molecular weight excluding hydrogens is 540 g/mol. The lowest BCUT2D eigenvalue weighted by atomic mass is 10.1. The SMILES string of the molecule is C=C(CCCBr)N1C(=O)c2ccccc2C1=O.O=C1c2ccccc2C(=O)N1C/C=C/Br. The highest BCUT2D eigenvalue weighted by Crippen LogP contribution is 2.27. The molecule has 4 amide bonds. The molecule has 2 aliphatic rings. The van der Waals surface area contributed by atoms with Crippen molar-refractivity contribution in [3.63, 3.8) is 0 Å². The number of benzene rings is 2. The summed E-state index contributed by atoms with van der Waals surface area (Å²) in [6, 6.07) is 13.7. The second-order valence-electron chi connectivity index (χ2n) is 6.98. The molecule has 0 aromatic heterocycles. The monoisotopic (exact) mass is 558 g/mol. The van der Waals surface area contributed by atoms with Crippen LogP contribution in [0.3, 0.4) is 0 Å². The number of rotatable bonds is 6. The van der Waals surface area contributed by atoms with Crippen molar-refractivity contribution in [2.24, 2.45) is 0 Å². The molecule has 2 aromatic rings. The summed E-state index contributed by atoms with van der Waals surface area (Å²) in [6.07, 6.45) is 3.20. The van der Waals surface area contributed by atoms with Crippen molar-refractivity contribution < 1.29 is 19.2 Å². The van der Waals surface area contributed by atoms with Gasteiger partial charge in [0.2, 0.25) is 0 Å². The van der Waals surface area contributed by atoms with Gasteiger partial charge in [-0.05, 0) is 42.1 Å². The lowest BCUT2D eigenvalue weighted by molar-refractivity contribution is 0.0665. The van der Waals surface area contributed by atoms with Crippen molar-refractivity contribution in [3.8, 4) is 0 Å². The number of allylic oxidation sites excluding steroid dienone is 1. The number of amides is 4. The average Bonchev–Trinajstić information content (AvgIpc) is 3.21. The van der Waals surface area contributed by atoms with Gasteiger partial charge in [0.05, 0.1) is 22.3 Å². The summed E-state index contributed by atoms with van der Waals surface area (Å²) in [4.78, 5) is 51.7. The van der Waals surface area contributed by atoms with Gasteiger partial charge >= 0.3 is 0 Å². The van der Waals surface area contributed by atoms with E-state index in [1.54, 1.807) is 59.6 Å². The first-order valence-electron chi connectivity index (χ1n) is 9.84. The first kappa shape index (κ1) is 23.8. The van der Waals surface area contributed by atoms with Crippen molar-refractivity contribution in [3.05, 3.63) is 94.1 Å². The van der Waals surface area contributed by atoms with Crippen LogP contribution in [0.4, 0.5) is 0 Å². The van der Waals surface area contributed by atoms with Crippen LogP contribution in [0.15, 0.2) is 71.9 Å². The van der Waals surface area contributed by atoms with Crippen molar-refractivity contribution in [1.82, 2.24) is 9.80 Å². The third kappa shape index (κ3) is 4.66. The average molecular weight is 560 g/mol. The molecule has 0 saturated carbocycles. The largest absolute Gasteiger partial charge is 0.270 e. The Labute approximate surface area is 202 Å². The standard InChI is InChI=1S/C13H12BrNO2.C11H8BrNO2/c1-9(5-4-8-14)15-12(16)10-6-2-3-7-11(10)13(15)17;12-6-3-7-13-10(14)8-4-1-2-5-9(8)11(13)15/h2-3,6-7H,1,4-5,8H2;1-6H,7H2/b;6-3+. The molecule has 164 valence electrons. The number of hydrogen-bond acceptors (Lipinski definition) is 4. The Morgan fingerprint density at radius 2 is 1.25 bits per heavy atom. The van der Waals surface area contributed by atoms with Gasteiger partial charge in [0.15, 0.2) is 0 Å². The maximum Gasteiger partial charge on any atom is 0.265 e. The zero-order valence-corrected chi connectivity index (χ0v) is 20.3. The third-order valence-corrected chi connectivity index (χ3v) is 5.90. The van der Waals surface area contributed by atoms with Crippen LogP contribution in [0.25, 0.3) is 0 Å². The number of carbonyl (C=O) groups excluding carboxylic acids is 4. The van der Waals surface area contributed by atoms with Crippen LogP contribution in [0.5, 0.6) is 0 Å². The van der Waals surface area contributed by atoms with Gasteiger partial charge in [-0.2, -0.15) is 0 Å². The van der Waals surface area contributed by atoms with Crippen molar-refractivity contribution in [1.29, 1.82) is 0 Å². The molecule has 8 heteroatoms. The van der Waals surface area contributed by atoms with E-state index in [0.717, 1.165) is 11.8 Å². The topological polar surface area (TPSA) is 74.8 Å². The quantitative estimate of drug-likeness (QED) is 0.362. The first-order valence-corrected chi connectivity index (χ1v) is 11.9. The summed E-state index contributed by atoms with van der Waals surface area (Å²) in [5.41, 5.74) is 2.49. The number of carbonyl (C=O) groups is 4.